The predicted molar refractivity (Wildman–Crippen MR) is 64.8 cm³/mol. The van der Waals surface area contributed by atoms with Crippen LogP contribution in [0.5, 0.6) is 0 Å². The standard InChI is InChI=1S/C9H12ClN3O.ClH/c10-7-3-1-2-4-8(7)13-9(14)12-6-5-11;/h1-4H,5-6,11H2,(H2,12,13,14);1H. The fourth-order valence-electron chi connectivity index (χ4n) is 0.915. The number of anilines is 1. The maximum absolute atomic E-state index is 11.2. The molecule has 0 saturated heterocycles. The van der Waals surface area contributed by atoms with Crippen LogP contribution in [-0.2, 0) is 0 Å². The molecule has 4 N–H and O–H groups in total. The van der Waals surface area contributed by atoms with Crippen LogP contribution in [-0.4, -0.2) is 19.1 Å². The molecule has 0 aliphatic rings. The molecule has 0 unspecified atom stereocenters. The largest absolute Gasteiger partial charge is 0.337 e. The van der Waals surface area contributed by atoms with Crippen LogP contribution in [0.4, 0.5) is 10.5 Å². The minimum atomic E-state index is -0.302. The fraction of sp³-hybridized carbons (Fsp3) is 0.222. The molecule has 0 saturated carbocycles. The maximum Gasteiger partial charge on any atom is 0.319 e. The molecular weight excluding hydrogens is 237 g/mol. The molecule has 0 atom stereocenters. The van der Waals surface area contributed by atoms with E-state index in [2.05, 4.69) is 10.6 Å². The number of amides is 2. The summed E-state index contributed by atoms with van der Waals surface area (Å²) in [6, 6.07) is 6.73. The first-order valence-electron chi connectivity index (χ1n) is 4.23. The molecule has 0 aromatic heterocycles. The summed E-state index contributed by atoms with van der Waals surface area (Å²) < 4.78 is 0. The monoisotopic (exact) mass is 249 g/mol. The van der Waals surface area contributed by atoms with Gasteiger partial charge in [-0.1, -0.05) is 23.7 Å². The van der Waals surface area contributed by atoms with E-state index < -0.39 is 0 Å². The van der Waals surface area contributed by atoms with Crippen molar-refractivity contribution in [2.75, 3.05) is 18.4 Å². The number of rotatable bonds is 3. The van der Waals surface area contributed by atoms with Gasteiger partial charge in [-0.3, -0.25) is 0 Å². The molecular formula is C9H13Cl2N3O. The molecule has 0 fully saturated rings. The van der Waals surface area contributed by atoms with Crippen LogP contribution in [0, 0.1) is 0 Å². The highest BCUT2D eigenvalue weighted by molar-refractivity contribution is 6.33. The number of benzene rings is 1. The molecule has 84 valence electrons. The maximum atomic E-state index is 11.2. The first-order chi connectivity index (χ1) is 6.74. The summed E-state index contributed by atoms with van der Waals surface area (Å²) in [4.78, 5) is 11.2. The van der Waals surface area contributed by atoms with Gasteiger partial charge in [-0.2, -0.15) is 0 Å². The third-order valence-corrected chi connectivity index (χ3v) is 1.88. The van der Waals surface area contributed by atoms with E-state index in [1.807, 2.05) is 0 Å². The number of nitrogens with one attached hydrogen (secondary N) is 2. The van der Waals surface area contributed by atoms with E-state index in [9.17, 15) is 4.79 Å². The summed E-state index contributed by atoms with van der Waals surface area (Å²) in [5.74, 6) is 0. The molecule has 0 aliphatic carbocycles. The normalized spacial score (nSPS) is 8.93. The molecule has 6 heteroatoms. The highest BCUT2D eigenvalue weighted by Gasteiger charge is 2.02. The molecule has 0 bridgehead atoms. The summed E-state index contributed by atoms with van der Waals surface area (Å²) in [6.07, 6.45) is 0. The van der Waals surface area contributed by atoms with E-state index in [1.165, 1.54) is 0 Å². The second kappa shape index (κ2) is 7.34. The van der Waals surface area contributed by atoms with Gasteiger partial charge in [0.25, 0.3) is 0 Å². The lowest BCUT2D eigenvalue weighted by Gasteiger charge is -2.07. The van der Waals surface area contributed by atoms with E-state index >= 15 is 0 Å². The highest BCUT2D eigenvalue weighted by Crippen LogP contribution is 2.19. The first kappa shape index (κ1) is 14.0. The predicted octanol–water partition coefficient (Wildman–Crippen LogP) is 1.84. The zero-order chi connectivity index (χ0) is 10.4. The number of nitrogens with two attached hydrogens (primary N) is 1. The van der Waals surface area contributed by atoms with Crippen molar-refractivity contribution in [3.05, 3.63) is 29.3 Å². The number of para-hydroxylation sites is 1. The number of urea groups is 1. The molecule has 1 rings (SSSR count). The Morgan fingerprint density at radius 2 is 2.07 bits per heavy atom. The Morgan fingerprint density at radius 3 is 2.67 bits per heavy atom. The smallest absolute Gasteiger partial charge is 0.319 e. The van der Waals surface area contributed by atoms with Crippen LogP contribution in [0.25, 0.3) is 0 Å². The Bertz CT molecular complexity index is 320. The molecule has 0 heterocycles. The zero-order valence-electron chi connectivity index (χ0n) is 8.00. The van der Waals surface area contributed by atoms with E-state index in [1.54, 1.807) is 24.3 Å². The number of carbonyl (C=O) groups is 1. The van der Waals surface area contributed by atoms with Crippen LogP contribution < -0.4 is 16.4 Å². The topological polar surface area (TPSA) is 67.1 Å². The summed E-state index contributed by atoms with van der Waals surface area (Å²) >= 11 is 5.84. The Kier molecular flexibility index (Phi) is 6.86. The molecule has 0 aliphatic heterocycles. The van der Waals surface area contributed by atoms with E-state index in [0.29, 0.717) is 23.8 Å². The Labute approximate surface area is 99.6 Å². The van der Waals surface area contributed by atoms with Crippen molar-refractivity contribution >= 4 is 35.7 Å². The van der Waals surface area contributed by atoms with Crippen molar-refractivity contribution < 1.29 is 4.79 Å². The van der Waals surface area contributed by atoms with Crippen molar-refractivity contribution in [1.82, 2.24) is 5.32 Å². The van der Waals surface area contributed by atoms with Crippen LogP contribution >= 0.6 is 24.0 Å². The number of hydrogen-bond acceptors (Lipinski definition) is 2. The average molecular weight is 250 g/mol. The lowest BCUT2D eigenvalue weighted by molar-refractivity contribution is 0.252. The summed E-state index contributed by atoms with van der Waals surface area (Å²) in [5.41, 5.74) is 5.82. The second-order valence-corrected chi connectivity index (χ2v) is 3.06. The van der Waals surface area contributed by atoms with E-state index in [0.717, 1.165) is 0 Å². The highest BCUT2D eigenvalue weighted by atomic mass is 35.5. The zero-order valence-corrected chi connectivity index (χ0v) is 9.57. The van der Waals surface area contributed by atoms with E-state index in [-0.39, 0.29) is 18.4 Å². The van der Waals surface area contributed by atoms with Gasteiger partial charge in [-0.05, 0) is 12.1 Å². The van der Waals surface area contributed by atoms with Crippen LogP contribution in [0.3, 0.4) is 0 Å². The van der Waals surface area contributed by atoms with Gasteiger partial charge >= 0.3 is 6.03 Å². The minimum absolute atomic E-state index is 0. The van der Waals surface area contributed by atoms with Crippen LogP contribution in [0.2, 0.25) is 5.02 Å². The molecule has 1 aromatic rings. The molecule has 2 amide bonds. The Balaban J connectivity index is 0.00000196. The van der Waals surface area contributed by atoms with Gasteiger partial charge in [0.05, 0.1) is 10.7 Å². The van der Waals surface area contributed by atoms with Gasteiger partial charge in [0.2, 0.25) is 0 Å². The molecule has 1 aromatic carbocycles. The van der Waals surface area contributed by atoms with Crippen molar-refractivity contribution in [2.24, 2.45) is 5.73 Å². The SMILES string of the molecule is Cl.NCCNC(=O)Nc1ccccc1Cl. The van der Waals surface area contributed by atoms with Gasteiger partial charge in [-0.25, -0.2) is 4.79 Å². The van der Waals surface area contributed by atoms with Crippen LogP contribution in [0.15, 0.2) is 24.3 Å². The number of halogens is 2. The summed E-state index contributed by atoms with van der Waals surface area (Å²) in [6.45, 7) is 0.853. The Morgan fingerprint density at radius 1 is 1.40 bits per heavy atom. The van der Waals surface area contributed by atoms with Crippen molar-refractivity contribution in [3.63, 3.8) is 0 Å². The third-order valence-electron chi connectivity index (χ3n) is 1.55. The van der Waals surface area contributed by atoms with Crippen molar-refractivity contribution in [2.45, 2.75) is 0 Å². The molecule has 0 spiro atoms. The molecule has 4 nitrogen and oxygen atoms in total. The Hall–Kier alpha value is -0.970. The van der Waals surface area contributed by atoms with Gasteiger partial charge in [0.15, 0.2) is 0 Å². The average Bonchev–Trinajstić information content (AvgIpc) is 2.18. The second-order valence-electron chi connectivity index (χ2n) is 2.65. The lowest BCUT2D eigenvalue weighted by Crippen LogP contribution is -2.32. The summed E-state index contributed by atoms with van der Waals surface area (Å²) in [5, 5.41) is 5.69. The first-order valence-corrected chi connectivity index (χ1v) is 4.61. The quantitative estimate of drug-likeness (QED) is 0.766. The summed E-state index contributed by atoms with van der Waals surface area (Å²) in [7, 11) is 0. The minimum Gasteiger partial charge on any atom is -0.337 e. The molecule has 0 radical (unpaired) electrons. The van der Waals surface area contributed by atoms with Crippen LogP contribution in [0.1, 0.15) is 0 Å². The molecule has 15 heavy (non-hydrogen) atoms. The fourth-order valence-corrected chi connectivity index (χ4v) is 1.10. The van der Waals surface area contributed by atoms with Gasteiger partial charge in [0, 0.05) is 13.1 Å². The number of hydrogen-bond donors (Lipinski definition) is 3. The van der Waals surface area contributed by atoms with Crippen molar-refractivity contribution in [3.8, 4) is 0 Å². The van der Waals surface area contributed by atoms with Crippen molar-refractivity contribution in [1.29, 1.82) is 0 Å². The number of carbonyl (C=O) groups excluding carboxylic acids is 1. The third kappa shape index (κ3) is 4.88. The van der Waals surface area contributed by atoms with Gasteiger partial charge in [0.1, 0.15) is 0 Å². The van der Waals surface area contributed by atoms with E-state index in [4.69, 9.17) is 17.3 Å². The van der Waals surface area contributed by atoms with Gasteiger partial charge < -0.3 is 16.4 Å². The lowest BCUT2D eigenvalue weighted by atomic mass is 10.3. The van der Waals surface area contributed by atoms with Gasteiger partial charge in [-0.15, -0.1) is 12.4 Å².